The second-order valence-corrected chi connectivity index (χ2v) is 7.97. The first-order valence-electron chi connectivity index (χ1n) is 10.4. The fourth-order valence-corrected chi connectivity index (χ4v) is 3.67. The van der Waals surface area contributed by atoms with Gasteiger partial charge in [-0.05, 0) is 47.7 Å². The highest BCUT2D eigenvalue weighted by molar-refractivity contribution is 6.15. The van der Waals surface area contributed by atoms with Crippen molar-refractivity contribution < 1.29 is 19.0 Å². The van der Waals surface area contributed by atoms with E-state index in [0.717, 1.165) is 22.4 Å². The van der Waals surface area contributed by atoms with Gasteiger partial charge in [-0.15, -0.1) is 0 Å². The van der Waals surface area contributed by atoms with Crippen molar-refractivity contribution in [1.29, 1.82) is 0 Å². The van der Waals surface area contributed by atoms with Crippen molar-refractivity contribution in [2.45, 2.75) is 33.3 Å². The number of carbonyl (C=O) groups is 1. The van der Waals surface area contributed by atoms with Crippen LogP contribution in [-0.2, 0) is 6.61 Å². The lowest BCUT2D eigenvalue weighted by atomic mass is 10.0. The van der Waals surface area contributed by atoms with Crippen molar-refractivity contribution in [2.75, 3.05) is 7.11 Å². The molecule has 0 unspecified atom stereocenters. The molecule has 0 atom stereocenters. The zero-order valence-electron chi connectivity index (χ0n) is 18.3. The summed E-state index contributed by atoms with van der Waals surface area (Å²) in [6.07, 6.45) is 1.79. The number of para-hydroxylation sites is 1. The summed E-state index contributed by atoms with van der Waals surface area (Å²) < 4.78 is 17.3. The highest BCUT2D eigenvalue weighted by Gasteiger charge is 2.30. The number of allylic oxidation sites excluding steroid dienone is 1. The van der Waals surface area contributed by atoms with Crippen LogP contribution in [0.15, 0.2) is 66.4 Å². The number of hydrogen-bond donors (Lipinski definition) is 0. The van der Waals surface area contributed by atoms with E-state index in [1.54, 1.807) is 19.3 Å². The van der Waals surface area contributed by atoms with Crippen LogP contribution in [-0.4, -0.2) is 12.9 Å². The fraction of sp³-hybridized carbons (Fsp3) is 0.222. The standard InChI is InChI=1S/C27H26O4/c1-17(2)20-11-9-19(10-12-20)14-25-27(28)26-18(3)13-22(15-24(26)31-25)30-16-21-7-5-6-8-23(21)29-4/h5-15,17H,16H2,1-4H3/b25-14-. The lowest BCUT2D eigenvalue weighted by Crippen LogP contribution is -2.00. The molecule has 3 aromatic carbocycles. The predicted octanol–water partition coefficient (Wildman–Crippen LogP) is 6.32. The Balaban J connectivity index is 1.54. The molecule has 1 heterocycles. The van der Waals surface area contributed by atoms with Crippen LogP contribution in [0.2, 0.25) is 0 Å². The highest BCUT2D eigenvalue weighted by atomic mass is 16.5. The number of benzene rings is 3. The van der Waals surface area contributed by atoms with Gasteiger partial charge < -0.3 is 14.2 Å². The lowest BCUT2D eigenvalue weighted by molar-refractivity contribution is 0.101. The molecular weight excluding hydrogens is 388 g/mol. The largest absolute Gasteiger partial charge is 0.496 e. The summed E-state index contributed by atoms with van der Waals surface area (Å²) in [5, 5.41) is 0. The molecule has 1 aliphatic heterocycles. The molecule has 0 bridgehead atoms. The summed E-state index contributed by atoms with van der Waals surface area (Å²) in [5.41, 5.74) is 4.57. The van der Waals surface area contributed by atoms with Crippen molar-refractivity contribution >= 4 is 11.9 Å². The molecule has 158 valence electrons. The van der Waals surface area contributed by atoms with Crippen LogP contribution in [0, 0.1) is 6.92 Å². The highest BCUT2D eigenvalue weighted by Crippen LogP contribution is 2.38. The molecule has 3 aromatic rings. The van der Waals surface area contributed by atoms with Crippen molar-refractivity contribution in [2.24, 2.45) is 0 Å². The molecule has 0 aromatic heterocycles. The summed E-state index contributed by atoms with van der Waals surface area (Å²) in [7, 11) is 1.64. The van der Waals surface area contributed by atoms with E-state index >= 15 is 0 Å². The quantitative estimate of drug-likeness (QED) is 0.443. The minimum absolute atomic E-state index is 0.100. The van der Waals surface area contributed by atoms with Gasteiger partial charge in [-0.1, -0.05) is 56.3 Å². The van der Waals surface area contributed by atoms with E-state index in [4.69, 9.17) is 14.2 Å². The minimum Gasteiger partial charge on any atom is -0.496 e. The number of rotatable bonds is 6. The van der Waals surface area contributed by atoms with Crippen molar-refractivity contribution in [3.8, 4) is 17.2 Å². The third kappa shape index (κ3) is 4.33. The topological polar surface area (TPSA) is 44.8 Å². The van der Waals surface area contributed by atoms with Crippen molar-refractivity contribution in [3.63, 3.8) is 0 Å². The van der Waals surface area contributed by atoms with Gasteiger partial charge in [0.05, 0.1) is 12.7 Å². The second-order valence-electron chi connectivity index (χ2n) is 7.97. The zero-order valence-corrected chi connectivity index (χ0v) is 18.3. The third-order valence-corrected chi connectivity index (χ3v) is 5.43. The maximum absolute atomic E-state index is 12.9. The smallest absolute Gasteiger partial charge is 0.232 e. The number of fused-ring (bicyclic) bond motifs is 1. The molecule has 1 aliphatic rings. The number of ether oxygens (including phenoxy) is 3. The molecule has 4 nitrogen and oxygen atoms in total. The normalized spacial score (nSPS) is 14.0. The van der Waals surface area contributed by atoms with Gasteiger partial charge in [-0.3, -0.25) is 4.79 Å². The monoisotopic (exact) mass is 414 g/mol. The average molecular weight is 415 g/mol. The summed E-state index contributed by atoms with van der Waals surface area (Å²) in [4.78, 5) is 12.9. The van der Waals surface area contributed by atoms with Crippen LogP contribution < -0.4 is 14.2 Å². The van der Waals surface area contributed by atoms with Crippen LogP contribution in [0.4, 0.5) is 0 Å². The summed E-state index contributed by atoms with van der Waals surface area (Å²) in [6.45, 7) is 6.57. The molecule has 0 fully saturated rings. The molecule has 31 heavy (non-hydrogen) atoms. The Morgan fingerprint density at radius 1 is 1.03 bits per heavy atom. The van der Waals surface area contributed by atoms with Gasteiger partial charge in [0.2, 0.25) is 5.78 Å². The van der Waals surface area contributed by atoms with Crippen molar-refractivity contribution in [3.05, 3.63) is 94.2 Å². The lowest BCUT2D eigenvalue weighted by Gasteiger charge is -2.11. The number of aryl methyl sites for hydroxylation is 1. The van der Waals surface area contributed by atoms with E-state index in [2.05, 4.69) is 26.0 Å². The SMILES string of the molecule is COc1ccccc1COc1cc(C)c2c(c1)O/C(=C\c1ccc(C(C)C)cc1)C2=O. The molecule has 0 saturated heterocycles. The van der Waals surface area contributed by atoms with Gasteiger partial charge in [0.15, 0.2) is 5.76 Å². The number of hydrogen-bond acceptors (Lipinski definition) is 4. The Morgan fingerprint density at radius 3 is 2.48 bits per heavy atom. The Bertz CT molecular complexity index is 1140. The third-order valence-electron chi connectivity index (χ3n) is 5.43. The van der Waals surface area contributed by atoms with E-state index in [1.807, 2.05) is 49.4 Å². The van der Waals surface area contributed by atoms with E-state index in [0.29, 0.717) is 35.3 Å². The molecule has 4 rings (SSSR count). The first-order chi connectivity index (χ1) is 15.0. The predicted molar refractivity (Wildman–Crippen MR) is 122 cm³/mol. The number of carbonyl (C=O) groups excluding carboxylic acids is 1. The maximum Gasteiger partial charge on any atom is 0.232 e. The van der Waals surface area contributed by atoms with Crippen LogP contribution in [0.3, 0.4) is 0 Å². The van der Waals surface area contributed by atoms with E-state index in [-0.39, 0.29) is 5.78 Å². The van der Waals surface area contributed by atoms with Crippen LogP contribution in [0.5, 0.6) is 17.2 Å². The molecule has 4 heteroatoms. The van der Waals surface area contributed by atoms with Gasteiger partial charge in [-0.2, -0.15) is 0 Å². The fourth-order valence-electron chi connectivity index (χ4n) is 3.67. The number of ketones is 1. The molecule has 0 radical (unpaired) electrons. The Morgan fingerprint density at radius 2 is 1.77 bits per heavy atom. The summed E-state index contributed by atoms with van der Waals surface area (Å²) in [5.74, 6) is 2.66. The molecule has 0 amide bonds. The molecule has 0 spiro atoms. The Kier molecular flexibility index (Phi) is 5.81. The second kappa shape index (κ2) is 8.68. The van der Waals surface area contributed by atoms with E-state index < -0.39 is 0 Å². The Labute approximate surface area is 183 Å². The van der Waals surface area contributed by atoms with Gasteiger partial charge in [0.1, 0.15) is 23.9 Å². The Hall–Kier alpha value is -3.53. The zero-order chi connectivity index (χ0) is 22.0. The molecular formula is C27H26O4. The maximum atomic E-state index is 12.9. The van der Waals surface area contributed by atoms with Gasteiger partial charge in [0.25, 0.3) is 0 Å². The van der Waals surface area contributed by atoms with E-state index in [9.17, 15) is 4.79 Å². The minimum atomic E-state index is -0.100. The summed E-state index contributed by atoms with van der Waals surface area (Å²) in [6, 6.07) is 19.6. The molecule has 0 aliphatic carbocycles. The van der Waals surface area contributed by atoms with E-state index in [1.165, 1.54) is 5.56 Å². The summed E-state index contributed by atoms with van der Waals surface area (Å²) >= 11 is 0. The number of Topliss-reactive ketones (excluding diaryl/α,β-unsaturated/α-hetero) is 1. The first kappa shape index (κ1) is 20.7. The van der Waals surface area contributed by atoms with Gasteiger partial charge in [-0.25, -0.2) is 0 Å². The first-order valence-corrected chi connectivity index (χ1v) is 10.4. The van der Waals surface area contributed by atoms with Gasteiger partial charge >= 0.3 is 0 Å². The molecule has 0 saturated carbocycles. The van der Waals surface area contributed by atoms with Crippen LogP contribution in [0.25, 0.3) is 6.08 Å². The van der Waals surface area contributed by atoms with Gasteiger partial charge in [0, 0.05) is 11.6 Å². The average Bonchev–Trinajstić information content (AvgIpc) is 3.08. The molecule has 0 N–H and O–H groups in total. The van der Waals surface area contributed by atoms with Crippen LogP contribution in [0.1, 0.15) is 52.4 Å². The number of methoxy groups -OCH3 is 1. The van der Waals surface area contributed by atoms with Crippen molar-refractivity contribution in [1.82, 2.24) is 0 Å². The van der Waals surface area contributed by atoms with Crippen LogP contribution >= 0.6 is 0 Å².